The van der Waals surface area contributed by atoms with Crippen molar-refractivity contribution in [2.45, 2.75) is 50.7 Å². The van der Waals surface area contributed by atoms with Crippen molar-refractivity contribution in [3.63, 3.8) is 0 Å². The van der Waals surface area contributed by atoms with Crippen molar-refractivity contribution in [2.75, 3.05) is 26.2 Å². The van der Waals surface area contributed by atoms with E-state index in [2.05, 4.69) is 34.1 Å². The van der Waals surface area contributed by atoms with Gasteiger partial charge in [0.2, 0.25) is 0 Å². The summed E-state index contributed by atoms with van der Waals surface area (Å²) in [7, 11) is 0. The lowest BCUT2D eigenvalue weighted by Crippen LogP contribution is -2.47. The van der Waals surface area contributed by atoms with Gasteiger partial charge in [-0.2, -0.15) is 0 Å². The summed E-state index contributed by atoms with van der Waals surface area (Å²) in [5.74, 6) is 0.566. The first-order valence-electron chi connectivity index (χ1n) is 12.8. The normalized spacial score (nSPS) is 22.3. The Labute approximate surface area is 211 Å². The van der Waals surface area contributed by atoms with Crippen molar-refractivity contribution in [3.05, 3.63) is 77.7 Å². The molecule has 0 aliphatic carbocycles. The van der Waals surface area contributed by atoms with Crippen LogP contribution in [0.4, 0.5) is 4.39 Å². The summed E-state index contributed by atoms with van der Waals surface area (Å²) in [6, 6.07) is 16.4. The molecule has 1 amide bonds. The second-order valence-corrected chi connectivity index (χ2v) is 9.94. The zero-order chi connectivity index (χ0) is 25.3. The lowest BCUT2D eigenvalue weighted by Gasteiger charge is -2.34. The topological polar surface area (TPSA) is 69.0 Å². The molecule has 2 aromatic carbocycles. The highest BCUT2D eigenvalue weighted by Gasteiger charge is 2.47. The number of fused-ring (bicyclic) bond motifs is 1. The summed E-state index contributed by atoms with van der Waals surface area (Å²) in [6.45, 7) is 6.22. The number of carbonyl (C=O) groups is 1. The number of para-hydroxylation sites is 1. The van der Waals surface area contributed by atoms with Crippen LogP contribution in [0.2, 0.25) is 0 Å². The molecular weight excluding hydrogens is 455 g/mol. The van der Waals surface area contributed by atoms with Gasteiger partial charge in [0.05, 0.1) is 18.2 Å². The molecule has 1 fully saturated rings. The van der Waals surface area contributed by atoms with Gasteiger partial charge in [0.1, 0.15) is 11.7 Å². The first-order valence-corrected chi connectivity index (χ1v) is 12.8. The molecule has 3 aromatic rings. The second kappa shape index (κ2) is 10.1. The standard InChI is InChI=1S/C29H33FN4O2/c1-3-29(22-8-10-23(30)11-9-22)28(36)34(20(2)32-29)19-24(35)18-33-16-13-21(14-17-33)25-12-15-31-27-7-5-4-6-26(25)27/h4-12,15,21,24,35H,3,13-14,16-19H2,1-2H3. The maximum atomic E-state index is 13.5. The number of amidine groups is 1. The number of benzene rings is 2. The Balaban J connectivity index is 1.20. The van der Waals surface area contributed by atoms with E-state index in [1.165, 1.54) is 23.1 Å². The first kappa shape index (κ1) is 24.5. The highest BCUT2D eigenvalue weighted by atomic mass is 19.1. The van der Waals surface area contributed by atoms with Crippen LogP contribution in [0.3, 0.4) is 0 Å². The van der Waals surface area contributed by atoms with E-state index >= 15 is 0 Å². The molecule has 0 radical (unpaired) electrons. The number of hydrogen-bond acceptors (Lipinski definition) is 5. The minimum Gasteiger partial charge on any atom is -0.390 e. The van der Waals surface area contributed by atoms with E-state index in [1.807, 2.05) is 19.2 Å². The fraction of sp³-hybridized carbons (Fsp3) is 0.414. The molecule has 2 aliphatic rings. The molecule has 2 atom stereocenters. The van der Waals surface area contributed by atoms with Crippen LogP contribution in [0.25, 0.3) is 10.9 Å². The van der Waals surface area contributed by atoms with Gasteiger partial charge in [-0.05, 0) is 80.6 Å². The smallest absolute Gasteiger partial charge is 0.260 e. The van der Waals surface area contributed by atoms with Crippen LogP contribution in [0, 0.1) is 5.82 Å². The molecule has 2 aliphatic heterocycles. The summed E-state index contributed by atoms with van der Waals surface area (Å²) < 4.78 is 13.5. The third-order valence-corrected chi connectivity index (χ3v) is 7.75. The molecule has 0 saturated carbocycles. The van der Waals surface area contributed by atoms with E-state index in [4.69, 9.17) is 4.99 Å². The molecule has 6 nitrogen and oxygen atoms in total. The number of aliphatic hydroxyl groups excluding tert-OH is 1. The average molecular weight is 489 g/mol. The molecule has 7 heteroatoms. The van der Waals surface area contributed by atoms with Crippen molar-refractivity contribution in [1.29, 1.82) is 0 Å². The molecule has 1 saturated heterocycles. The van der Waals surface area contributed by atoms with Crippen molar-refractivity contribution in [2.24, 2.45) is 4.99 Å². The molecule has 36 heavy (non-hydrogen) atoms. The van der Waals surface area contributed by atoms with Crippen molar-refractivity contribution in [3.8, 4) is 0 Å². The van der Waals surface area contributed by atoms with Crippen molar-refractivity contribution >= 4 is 22.6 Å². The van der Waals surface area contributed by atoms with Crippen LogP contribution in [0.5, 0.6) is 0 Å². The highest BCUT2D eigenvalue weighted by molar-refractivity contribution is 6.07. The fourth-order valence-electron chi connectivity index (χ4n) is 5.78. The maximum absolute atomic E-state index is 13.5. The molecule has 2 unspecified atom stereocenters. The summed E-state index contributed by atoms with van der Waals surface area (Å²) in [4.78, 5) is 26.5. The van der Waals surface area contributed by atoms with Gasteiger partial charge in [-0.25, -0.2) is 4.39 Å². The van der Waals surface area contributed by atoms with Crippen molar-refractivity contribution < 1.29 is 14.3 Å². The van der Waals surface area contributed by atoms with Gasteiger partial charge in [-0.3, -0.25) is 19.7 Å². The summed E-state index contributed by atoms with van der Waals surface area (Å²) in [6.07, 6.45) is 3.73. The lowest BCUT2D eigenvalue weighted by atomic mass is 9.87. The van der Waals surface area contributed by atoms with Crippen LogP contribution in [0.1, 0.15) is 50.2 Å². The third kappa shape index (κ3) is 4.53. The molecular formula is C29H33FN4O2. The minimum atomic E-state index is -1.05. The van der Waals surface area contributed by atoms with Crippen LogP contribution >= 0.6 is 0 Å². The minimum absolute atomic E-state index is 0.156. The van der Waals surface area contributed by atoms with E-state index in [-0.39, 0.29) is 18.3 Å². The third-order valence-electron chi connectivity index (χ3n) is 7.75. The van der Waals surface area contributed by atoms with E-state index in [1.54, 1.807) is 24.0 Å². The Morgan fingerprint density at radius 1 is 1.08 bits per heavy atom. The molecule has 0 bridgehead atoms. The summed E-state index contributed by atoms with van der Waals surface area (Å²) in [5, 5.41) is 12.1. The predicted molar refractivity (Wildman–Crippen MR) is 139 cm³/mol. The molecule has 188 valence electrons. The van der Waals surface area contributed by atoms with Crippen molar-refractivity contribution in [1.82, 2.24) is 14.8 Å². The molecule has 5 rings (SSSR count). The number of rotatable bonds is 7. The average Bonchev–Trinajstić information content (AvgIpc) is 3.14. The number of hydrogen-bond donors (Lipinski definition) is 1. The number of amides is 1. The summed E-state index contributed by atoms with van der Waals surface area (Å²) >= 11 is 0. The van der Waals surface area contributed by atoms with Crippen LogP contribution in [-0.4, -0.2) is 63.9 Å². The zero-order valence-corrected chi connectivity index (χ0v) is 20.9. The van der Waals surface area contributed by atoms with E-state index < -0.39 is 11.6 Å². The Bertz CT molecular complexity index is 1260. The van der Waals surface area contributed by atoms with Crippen LogP contribution in [0.15, 0.2) is 65.8 Å². The predicted octanol–water partition coefficient (Wildman–Crippen LogP) is 4.48. The zero-order valence-electron chi connectivity index (χ0n) is 20.9. The van der Waals surface area contributed by atoms with Gasteiger partial charge in [0.15, 0.2) is 5.54 Å². The first-order chi connectivity index (χ1) is 17.4. The van der Waals surface area contributed by atoms with Gasteiger partial charge in [0, 0.05) is 18.1 Å². The number of nitrogens with zero attached hydrogens (tertiary/aromatic N) is 4. The number of aromatic nitrogens is 1. The quantitative estimate of drug-likeness (QED) is 0.533. The maximum Gasteiger partial charge on any atom is 0.260 e. The van der Waals surface area contributed by atoms with E-state index in [0.717, 1.165) is 31.4 Å². The van der Waals surface area contributed by atoms with Gasteiger partial charge >= 0.3 is 0 Å². The number of aliphatic hydroxyl groups is 1. The number of likely N-dealkylation sites (tertiary alicyclic amines) is 1. The highest BCUT2D eigenvalue weighted by Crippen LogP contribution is 2.37. The largest absolute Gasteiger partial charge is 0.390 e. The van der Waals surface area contributed by atoms with Crippen LogP contribution in [-0.2, 0) is 10.3 Å². The fourth-order valence-corrected chi connectivity index (χ4v) is 5.78. The van der Waals surface area contributed by atoms with E-state index in [9.17, 15) is 14.3 Å². The SMILES string of the molecule is CCC1(c2ccc(F)cc2)N=C(C)N(CC(O)CN2CCC(c3ccnc4ccccc34)CC2)C1=O. The Hall–Kier alpha value is -3.16. The number of carbonyl (C=O) groups excluding carboxylic acids is 1. The van der Waals surface area contributed by atoms with Gasteiger partial charge in [0.25, 0.3) is 5.91 Å². The lowest BCUT2D eigenvalue weighted by molar-refractivity contribution is -0.132. The van der Waals surface area contributed by atoms with Gasteiger partial charge in [-0.1, -0.05) is 37.3 Å². The van der Waals surface area contributed by atoms with E-state index in [0.29, 0.717) is 30.3 Å². The molecule has 0 spiro atoms. The summed E-state index contributed by atoms with van der Waals surface area (Å²) in [5.41, 5.74) is 2.01. The van der Waals surface area contributed by atoms with Gasteiger partial charge < -0.3 is 10.0 Å². The Kier molecular flexibility index (Phi) is 6.86. The number of piperidine rings is 1. The Morgan fingerprint density at radius 3 is 2.53 bits per heavy atom. The van der Waals surface area contributed by atoms with Crippen LogP contribution < -0.4 is 0 Å². The number of halogens is 1. The molecule has 1 N–H and O–H groups in total. The molecule has 1 aromatic heterocycles. The van der Waals surface area contributed by atoms with Gasteiger partial charge in [-0.15, -0.1) is 0 Å². The number of β-amino-alcohol motifs (C(OH)–C–C–N with tert-alkyl or cyclic N) is 1. The molecule has 3 heterocycles. The Morgan fingerprint density at radius 2 is 1.81 bits per heavy atom. The second-order valence-electron chi connectivity index (χ2n) is 9.94. The number of aliphatic imine (C=N–C) groups is 1. The number of pyridine rings is 1. The monoisotopic (exact) mass is 488 g/mol.